The summed E-state index contributed by atoms with van der Waals surface area (Å²) in [6, 6.07) is 2.43. The van der Waals surface area contributed by atoms with E-state index in [0.717, 1.165) is 6.07 Å². The second-order valence-electron chi connectivity index (χ2n) is 4.96. The summed E-state index contributed by atoms with van der Waals surface area (Å²) in [5.41, 5.74) is 0.738. The normalized spacial score (nSPS) is 22.5. The summed E-state index contributed by atoms with van der Waals surface area (Å²) >= 11 is 0. The molecule has 1 fully saturated rings. The number of hydrogen-bond acceptors (Lipinski definition) is 3. The highest BCUT2D eigenvalue weighted by Crippen LogP contribution is 2.31. The van der Waals surface area contributed by atoms with Gasteiger partial charge in [-0.2, -0.15) is 0 Å². The Morgan fingerprint density at radius 2 is 2.11 bits per heavy atom. The fourth-order valence-corrected chi connectivity index (χ4v) is 2.30. The number of halogens is 2. The minimum atomic E-state index is -0.915. The van der Waals surface area contributed by atoms with Gasteiger partial charge in [0.2, 0.25) is 0 Å². The predicted molar refractivity (Wildman–Crippen MR) is 67.2 cm³/mol. The van der Waals surface area contributed by atoms with Crippen molar-refractivity contribution in [3.63, 3.8) is 0 Å². The van der Waals surface area contributed by atoms with Gasteiger partial charge in [0, 0.05) is 26.7 Å². The first-order valence-electron chi connectivity index (χ1n) is 6.02. The Morgan fingerprint density at radius 3 is 2.63 bits per heavy atom. The van der Waals surface area contributed by atoms with Crippen LogP contribution in [-0.2, 0) is 4.79 Å². The van der Waals surface area contributed by atoms with Crippen LogP contribution in [0.15, 0.2) is 12.1 Å². The summed E-state index contributed by atoms with van der Waals surface area (Å²) in [6.07, 6.45) is 0.382. The Kier molecular flexibility index (Phi) is 3.71. The van der Waals surface area contributed by atoms with E-state index in [1.807, 2.05) is 0 Å². The number of carboxylic acid groups (broad SMARTS) is 1. The van der Waals surface area contributed by atoms with Crippen molar-refractivity contribution < 1.29 is 18.7 Å². The minimum Gasteiger partial charge on any atom is -0.481 e. The Balaban J connectivity index is 2.29. The van der Waals surface area contributed by atoms with Crippen molar-refractivity contribution in [1.82, 2.24) is 5.32 Å². The lowest BCUT2D eigenvalue weighted by molar-refractivity contribution is -0.141. The van der Waals surface area contributed by atoms with Crippen LogP contribution in [0.3, 0.4) is 0 Å². The van der Waals surface area contributed by atoms with Crippen molar-refractivity contribution in [1.29, 1.82) is 0 Å². The van der Waals surface area contributed by atoms with Crippen LogP contribution in [0.4, 0.5) is 14.5 Å². The van der Waals surface area contributed by atoms with Gasteiger partial charge >= 0.3 is 5.97 Å². The number of benzene rings is 1. The average Bonchev–Trinajstić information content (AvgIpc) is 2.81. The molecular weight excluding hydrogens is 254 g/mol. The van der Waals surface area contributed by atoms with E-state index in [2.05, 4.69) is 5.32 Å². The van der Waals surface area contributed by atoms with Gasteiger partial charge in [0.25, 0.3) is 0 Å². The van der Waals surface area contributed by atoms with Gasteiger partial charge in [-0.05, 0) is 24.1 Å². The average molecular weight is 270 g/mol. The quantitative estimate of drug-likeness (QED) is 0.879. The molecule has 0 radical (unpaired) electrons. The third kappa shape index (κ3) is 2.68. The van der Waals surface area contributed by atoms with Gasteiger partial charge in [-0.3, -0.25) is 4.79 Å². The highest BCUT2D eigenvalue weighted by atomic mass is 19.2. The monoisotopic (exact) mass is 270 g/mol. The van der Waals surface area contributed by atoms with Gasteiger partial charge < -0.3 is 15.3 Å². The van der Waals surface area contributed by atoms with Crippen molar-refractivity contribution >= 4 is 11.7 Å². The van der Waals surface area contributed by atoms with E-state index in [4.69, 9.17) is 5.11 Å². The van der Waals surface area contributed by atoms with Crippen molar-refractivity contribution in [2.75, 3.05) is 25.5 Å². The molecular formula is C13H16F2N2O2. The molecule has 1 aromatic carbocycles. The summed E-state index contributed by atoms with van der Waals surface area (Å²) in [5, 5.41) is 12.0. The molecule has 6 heteroatoms. The van der Waals surface area contributed by atoms with Gasteiger partial charge in [-0.15, -0.1) is 0 Å². The molecule has 2 N–H and O–H groups in total. The predicted octanol–water partition coefficient (Wildman–Crippen LogP) is 1.77. The molecule has 19 heavy (non-hydrogen) atoms. The number of rotatable bonds is 3. The third-order valence-corrected chi connectivity index (χ3v) is 3.40. The number of anilines is 1. The maximum atomic E-state index is 13.6. The van der Waals surface area contributed by atoms with Gasteiger partial charge in [0.1, 0.15) is 0 Å². The first-order chi connectivity index (χ1) is 8.90. The van der Waals surface area contributed by atoms with E-state index >= 15 is 0 Å². The lowest BCUT2D eigenvalue weighted by Gasteiger charge is -2.18. The summed E-state index contributed by atoms with van der Waals surface area (Å²) in [5.74, 6) is -3.16. The highest BCUT2D eigenvalue weighted by Gasteiger charge is 2.31. The van der Waals surface area contributed by atoms with Crippen LogP contribution in [0.5, 0.6) is 0 Å². The summed E-state index contributed by atoms with van der Waals surface area (Å²) in [6.45, 7) is 0.344. The highest BCUT2D eigenvalue weighted by molar-refractivity contribution is 5.71. The van der Waals surface area contributed by atoms with Crippen LogP contribution in [-0.4, -0.2) is 31.7 Å². The number of carbonyl (C=O) groups is 1. The summed E-state index contributed by atoms with van der Waals surface area (Å²) in [4.78, 5) is 12.4. The molecule has 0 amide bonds. The van der Waals surface area contributed by atoms with E-state index in [-0.39, 0.29) is 11.7 Å². The van der Waals surface area contributed by atoms with E-state index in [1.165, 1.54) is 4.90 Å². The molecule has 1 saturated heterocycles. The summed E-state index contributed by atoms with van der Waals surface area (Å²) < 4.78 is 27.2. The maximum Gasteiger partial charge on any atom is 0.307 e. The van der Waals surface area contributed by atoms with Crippen LogP contribution < -0.4 is 10.2 Å². The van der Waals surface area contributed by atoms with Crippen LogP contribution >= 0.6 is 0 Å². The van der Waals surface area contributed by atoms with Gasteiger partial charge in [-0.25, -0.2) is 8.78 Å². The second-order valence-corrected chi connectivity index (χ2v) is 4.96. The molecule has 1 aliphatic rings. The Morgan fingerprint density at radius 1 is 1.42 bits per heavy atom. The minimum absolute atomic E-state index is 0.163. The Hall–Kier alpha value is -1.69. The first-order valence-corrected chi connectivity index (χ1v) is 6.02. The molecule has 0 aromatic heterocycles. The lowest BCUT2D eigenvalue weighted by atomic mass is 9.99. The first kappa shape index (κ1) is 13.7. The van der Waals surface area contributed by atoms with Gasteiger partial charge in [0.15, 0.2) is 11.6 Å². The van der Waals surface area contributed by atoms with E-state index in [0.29, 0.717) is 18.5 Å². The van der Waals surface area contributed by atoms with Crippen LogP contribution in [0.2, 0.25) is 0 Å². The fourth-order valence-electron chi connectivity index (χ4n) is 2.30. The number of hydrogen-bond donors (Lipinski definition) is 2. The van der Waals surface area contributed by atoms with E-state index < -0.39 is 23.5 Å². The molecule has 104 valence electrons. The van der Waals surface area contributed by atoms with E-state index in [9.17, 15) is 13.6 Å². The smallest absolute Gasteiger partial charge is 0.307 e. The van der Waals surface area contributed by atoms with Crippen LogP contribution in [0, 0.1) is 17.6 Å². The molecule has 1 aromatic rings. The largest absolute Gasteiger partial charge is 0.481 e. The summed E-state index contributed by atoms with van der Waals surface area (Å²) in [7, 11) is 3.26. The van der Waals surface area contributed by atoms with Crippen molar-refractivity contribution in [2.24, 2.45) is 5.92 Å². The van der Waals surface area contributed by atoms with Crippen molar-refractivity contribution in [2.45, 2.75) is 12.5 Å². The molecule has 0 spiro atoms. The second kappa shape index (κ2) is 5.13. The number of nitrogens with one attached hydrogen (secondary N) is 1. The maximum absolute atomic E-state index is 13.6. The third-order valence-electron chi connectivity index (χ3n) is 3.40. The van der Waals surface area contributed by atoms with E-state index in [1.54, 1.807) is 20.2 Å². The standard InChI is InChI=1S/C13H16F2N2O2/c1-17(2)11-5-7(3-9(14)12(11)15)10-4-8(6-16-10)13(18)19/h3,5,8,10,16H,4,6H2,1-2H3,(H,18,19). The van der Waals surface area contributed by atoms with Crippen LogP contribution in [0.1, 0.15) is 18.0 Å². The molecule has 2 unspecified atom stereocenters. The molecule has 4 nitrogen and oxygen atoms in total. The zero-order chi connectivity index (χ0) is 14.2. The molecule has 1 heterocycles. The molecule has 1 aliphatic heterocycles. The van der Waals surface area contributed by atoms with Crippen LogP contribution in [0.25, 0.3) is 0 Å². The van der Waals surface area contributed by atoms with Gasteiger partial charge in [-0.1, -0.05) is 0 Å². The Bertz CT molecular complexity index is 506. The number of carboxylic acids is 1. The molecule has 0 saturated carbocycles. The molecule has 0 aliphatic carbocycles. The fraction of sp³-hybridized carbons (Fsp3) is 0.462. The van der Waals surface area contributed by atoms with Crippen molar-refractivity contribution in [3.05, 3.63) is 29.3 Å². The lowest BCUT2D eigenvalue weighted by Crippen LogP contribution is -2.18. The van der Waals surface area contributed by atoms with Gasteiger partial charge in [0.05, 0.1) is 11.6 Å². The number of nitrogens with zero attached hydrogens (tertiary/aromatic N) is 1. The Labute approximate surface area is 110 Å². The zero-order valence-electron chi connectivity index (χ0n) is 10.8. The topological polar surface area (TPSA) is 52.6 Å². The molecule has 2 atom stereocenters. The zero-order valence-corrected chi connectivity index (χ0v) is 10.8. The van der Waals surface area contributed by atoms with Crippen molar-refractivity contribution in [3.8, 4) is 0 Å². The SMILES string of the molecule is CN(C)c1cc(C2CC(C(=O)O)CN2)cc(F)c1F. The number of aliphatic carboxylic acids is 1. The molecule has 0 bridgehead atoms. The molecule has 2 rings (SSSR count).